The Balaban J connectivity index is 1.45. The van der Waals surface area contributed by atoms with E-state index in [4.69, 9.17) is 19.7 Å². The van der Waals surface area contributed by atoms with Crippen molar-refractivity contribution in [2.75, 3.05) is 36.6 Å². The molecule has 40 heavy (non-hydrogen) atoms. The second-order valence-electron chi connectivity index (χ2n) is 12.5. The van der Waals surface area contributed by atoms with Crippen molar-refractivity contribution in [2.24, 2.45) is 17.8 Å². The number of anilines is 2. The Hall–Kier alpha value is -2.71. The predicted octanol–water partition coefficient (Wildman–Crippen LogP) is 5.76. The number of aliphatic hydroxyl groups is 1. The van der Waals surface area contributed by atoms with Crippen molar-refractivity contribution in [1.29, 1.82) is 0 Å². The molecule has 8 heteroatoms. The van der Waals surface area contributed by atoms with Gasteiger partial charge in [-0.3, -0.25) is 0 Å². The lowest BCUT2D eigenvalue weighted by molar-refractivity contribution is 0.0927. The second-order valence-corrected chi connectivity index (χ2v) is 12.5. The lowest BCUT2D eigenvalue weighted by atomic mass is 9.80. The highest BCUT2D eigenvalue weighted by Gasteiger charge is 2.33. The van der Waals surface area contributed by atoms with E-state index in [0.29, 0.717) is 43.9 Å². The zero-order chi connectivity index (χ0) is 27.5. The van der Waals surface area contributed by atoms with Gasteiger partial charge in [0, 0.05) is 32.2 Å². The number of fused-ring (bicyclic) bond motifs is 1. The van der Waals surface area contributed by atoms with Gasteiger partial charge in [-0.2, -0.15) is 4.98 Å². The molecule has 2 aromatic heterocycles. The lowest BCUT2D eigenvalue weighted by Gasteiger charge is -2.37. The third-order valence-electron chi connectivity index (χ3n) is 9.55. The maximum Gasteiger partial charge on any atom is 0.208 e. The molecule has 3 aromatic rings. The third kappa shape index (κ3) is 5.84. The van der Waals surface area contributed by atoms with Gasteiger partial charge in [0.15, 0.2) is 11.5 Å². The molecular formula is C32H46N6O2. The molecule has 2 N–H and O–H groups in total. The Morgan fingerprint density at radius 1 is 1.05 bits per heavy atom. The van der Waals surface area contributed by atoms with Crippen LogP contribution in [0.4, 0.5) is 11.8 Å². The minimum Gasteiger partial charge on any atom is -0.396 e. The number of morpholine rings is 1. The van der Waals surface area contributed by atoms with Crippen molar-refractivity contribution in [3.8, 4) is 0 Å². The molecule has 1 saturated heterocycles. The highest BCUT2D eigenvalue weighted by molar-refractivity contribution is 5.86. The van der Waals surface area contributed by atoms with Gasteiger partial charge in [-0.05, 0) is 62.3 Å². The standard InChI is InChI=1S/C32H46N6O2/c1-22-13-15-24(16-14-22)20-38-29-30(33-23(2)25-10-6-11-25)34-28(12-7-18-39)35-31(29)36-32(38)37-17-19-40-21-27(37)26-8-4-3-5-9-26/h3-5,8-9,22-25,27,39H,6-7,10-21H2,1-2H3,(H,33,34,35)/t22?,23-,24?,27+/m1/s1. The number of hydrogen-bond donors (Lipinski definition) is 2. The molecule has 3 heterocycles. The number of rotatable bonds is 10. The van der Waals surface area contributed by atoms with Gasteiger partial charge in [-0.25, -0.2) is 9.97 Å². The first kappa shape index (κ1) is 27.5. The molecule has 6 rings (SSSR count). The molecule has 216 valence electrons. The highest BCUT2D eigenvalue weighted by Crippen LogP contribution is 2.38. The number of hydrogen-bond acceptors (Lipinski definition) is 7. The van der Waals surface area contributed by atoms with Crippen LogP contribution >= 0.6 is 0 Å². The Morgan fingerprint density at radius 2 is 1.85 bits per heavy atom. The molecule has 2 aliphatic carbocycles. The van der Waals surface area contributed by atoms with Crippen LogP contribution in [0.15, 0.2) is 30.3 Å². The van der Waals surface area contributed by atoms with E-state index in [0.717, 1.165) is 47.8 Å². The van der Waals surface area contributed by atoms with E-state index in [-0.39, 0.29) is 12.6 Å². The Labute approximate surface area is 238 Å². The van der Waals surface area contributed by atoms with Crippen molar-refractivity contribution in [2.45, 2.75) is 90.3 Å². The first-order valence-electron chi connectivity index (χ1n) is 15.6. The second kappa shape index (κ2) is 12.4. The zero-order valence-electron chi connectivity index (χ0n) is 24.3. The molecule has 3 aliphatic rings. The Kier molecular flexibility index (Phi) is 8.54. The maximum absolute atomic E-state index is 9.52. The number of aliphatic hydroxyl groups excluding tert-OH is 1. The van der Waals surface area contributed by atoms with Crippen LogP contribution in [0.3, 0.4) is 0 Å². The topological polar surface area (TPSA) is 88.3 Å². The summed E-state index contributed by atoms with van der Waals surface area (Å²) in [6.45, 7) is 7.87. The number of ether oxygens (including phenoxy) is 1. The summed E-state index contributed by atoms with van der Waals surface area (Å²) in [5.41, 5.74) is 3.05. The van der Waals surface area contributed by atoms with Gasteiger partial charge in [0.1, 0.15) is 11.3 Å². The molecule has 0 spiro atoms. The molecule has 1 aliphatic heterocycles. The van der Waals surface area contributed by atoms with Crippen LogP contribution in [0.5, 0.6) is 0 Å². The van der Waals surface area contributed by atoms with Gasteiger partial charge < -0.3 is 24.6 Å². The number of nitrogens with one attached hydrogen (secondary N) is 1. The van der Waals surface area contributed by atoms with Gasteiger partial charge in [0.05, 0.1) is 19.3 Å². The van der Waals surface area contributed by atoms with E-state index in [9.17, 15) is 5.11 Å². The maximum atomic E-state index is 9.52. The third-order valence-corrected chi connectivity index (χ3v) is 9.55. The zero-order valence-corrected chi connectivity index (χ0v) is 24.3. The number of nitrogens with zero attached hydrogens (tertiary/aromatic N) is 5. The van der Waals surface area contributed by atoms with Crippen LogP contribution in [-0.4, -0.2) is 57.0 Å². The number of aryl methyl sites for hydroxylation is 1. The molecular weight excluding hydrogens is 500 g/mol. The Morgan fingerprint density at radius 3 is 2.58 bits per heavy atom. The predicted molar refractivity (Wildman–Crippen MR) is 160 cm³/mol. The normalized spacial score (nSPS) is 24.7. The quantitative estimate of drug-likeness (QED) is 0.334. The molecule has 3 fully saturated rings. The van der Waals surface area contributed by atoms with Gasteiger partial charge in [-0.15, -0.1) is 0 Å². The van der Waals surface area contributed by atoms with Crippen LogP contribution in [0, 0.1) is 17.8 Å². The molecule has 0 amide bonds. The van der Waals surface area contributed by atoms with E-state index in [1.165, 1.54) is 50.5 Å². The summed E-state index contributed by atoms with van der Waals surface area (Å²) in [7, 11) is 0. The van der Waals surface area contributed by atoms with Crippen LogP contribution in [0.1, 0.15) is 82.6 Å². The van der Waals surface area contributed by atoms with Crippen molar-refractivity contribution in [3.63, 3.8) is 0 Å². The molecule has 2 atom stereocenters. The first-order valence-corrected chi connectivity index (χ1v) is 15.6. The van der Waals surface area contributed by atoms with E-state index in [1.807, 2.05) is 0 Å². The van der Waals surface area contributed by atoms with Crippen LogP contribution < -0.4 is 10.2 Å². The molecule has 0 bridgehead atoms. The minimum absolute atomic E-state index is 0.101. The summed E-state index contributed by atoms with van der Waals surface area (Å²) < 4.78 is 8.45. The average Bonchev–Trinajstić information content (AvgIpc) is 3.30. The average molecular weight is 547 g/mol. The highest BCUT2D eigenvalue weighted by atomic mass is 16.5. The summed E-state index contributed by atoms with van der Waals surface area (Å²) in [6.07, 6.45) is 10.3. The Bertz CT molecular complexity index is 1250. The summed E-state index contributed by atoms with van der Waals surface area (Å²) in [5.74, 6) is 4.77. The van der Waals surface area contributed by atoms with Crippen molar-refractivity contribution >= 4 is 22.9 Å². The molecule has 0 unspecified atom stereocenters. The summed E-state index contributed by atoms with van der Waals surface area (Å²) >= 11 is 0. The van der Waals surface area contributed by atoms with Crippen LogP contribution in [-0.2, 0) is 17.7 Å². The van der Waals surface area contributed by atoms with Crippen molar-refractivity contribution < 1.29 is 9.84 Å². The van der Waals surface area contributed by atoms with Gasteiger partial charge in [0.25, 0.3) is 0 Å². The van der Waals surface area contributed by atoms with E-state index >= 15 is 0 Å². The fraction of sp³-hybridized carbons (Fsp3) is 0.656. The molecule has 8 nitrogen and oxygen atoms in total. The van der Waals surface area contributed by atoms with Crippen molar-refractivity contribution in [1.82, 2.24) is 19.5 Å². The summed E-state index contributed by atoms with van der Waals surface area (Å²) in [6, 6.07) is 11.1. The fourth-order valence-electron chi connectivity index (χ4n) is 6.75. The van der Waals surface area contributed by atoms with E-state index < -0.39 is 0 Å². The molecule has 1 aromatic carbocycles. The van der Waals surface area contributed by atoms with Crippen LogP contribution in [0.25, 0.3) is 11.2 Å². The number of imidazole rings is 1. The summed E-state index contributed by atoms with van der Waals surface area (Å²) in [4.78, 5) is 17.8. The fourth-order valence-corrected chi connectivity index (χ4v) is 6.75. The summed E-state index contributed by atoms with van der Waals surface area (Å²) in [5, 5.41) is 13.3. The number of aromatic nitrogens is 4. The monoisotopic (exact) mass is 546 g/mol. The lowest BCUT2D eigenvalue weighted by Crippen LogP contribution is -2.41. The SMILES string of the molecule is CC1CCC(Cn2c(N3CCOC[C@H]3c3ccccc3)nc3nc(CCCO)nc(N[C@H](C)C4CCC4)c32)CC1. The largest absolute Gasteiger partial charge is 0.396 e. The van der Waals surface area contributed by atoms with Gasteiger partial charge >= 0.3 is 0 Å². The van der Waals surface area contributed by atoms with E-state index in [1.54, 1.807) is 0 Å². The van der Waals surface area contributed by atoms with Crippen LogP contribution in [0.2, 0.25) is 0 Å². The smallest absolute Gasteiger partial charge is 0.208 e. The number of benzene rings is 1. The first-order chi connectivity index (χ1) is 19.6. The van der Waals surface area contributed by atoms with Gasteiger partial charge in [-0.1, -0.05) is 56.5 Å². The molecule has 0 radical (unpaired) electrons. The minimum atomic E-state index is 0.101. The van der Waals surface area contributed by atoms with Gasteiger partial charge in [0.2, 0.25) is 5.95 Å². The van der Waals surface area contributed by atoms with Crippen molar-refractivity contribution in [3.05, 3.63) is 41.7 Å². The molecule has 2 saturated carbocycles. The van der Waals surface area contributed by atoms with E-state index in [2.05, 4.69) is 59.0 Å².